The number of aliphatic hydroxyl groups is 1. The molecule has 0 saturated heterocycles. The van der Waals surface area contributed by atoms with Crippen molar-refractivity contribution in [1.82, 2.24) is 10.3 Å². The van der Waals surface area contributed by atoms with Crippen LogP contribution in [0.2, 0.25) is 0 Å². The molecule has 2 N–H and O–H groups in total. The van der Waals surface area contributed by atoms with Gasteiger partial charge in [-0.2, -0.15) is 0 Å². The SMILES string of the molecule is CC(C)(C)OC(=O)NC(C(=O)OCCl)C(O)c1cncc(Br)c1. The molecule has 0 aromatic carbocycles. The summed E-state index contributed by atoms with van der Waals surface area (Å²) in [6.07, 6.45) is 0.635. The number of hydrogen-bond donors (Lipinski definition) is 2. The van der Waals surface area contributed by atoms with E-state index in [1.54, 1.807) is 26.8 Å². The number of amides is 1. The van der Waals surface area contributed by atoms with E-state index in [1.807, 2.05) is 0 Å². The number of ether oxygens (including phenoxy) is 2. The van der Waals surface area contributed by atoms with Gasteiger partial charge in [0.05, 0.1) is 0 Å². The zero-order valence-electron chi connectivity index (χ0n) is 12.9. The molecule has 0 bridgehead atoms. The first kappa shape index (κ1) is 19.7. The van der Waals surface area contributed by atoms with E-state index in [4.69, 9.17) is 16.3 Å². The van der Waals surface area contributed by atoms with Gasteiger partial charge >= 0.3 is 12.1 Å². The lowest BCUT2D eigenvalue weighted by atomic mass is 10.0. The molecule has 0 spiro atoms. The second-order valence-corrected chi connectivity index (χ2v) is 6.71. The molecule has 1 aromatic rings. The normalized spacial score (nSPS) is 13.8. The number of carbonyl (C=O) groups excluding carboxylic acids is 2. The van der Waals surface area contributed by atoms with Crippen LogP contribution < -0.4 is 5.32 Å². The molecule has 2 atom stereocenters. The number of aromatic nitrogens is 1. The summed E-state index contributed by atoms with van der Waals surface area (Å²) in [7, 11) is 0. The quantitative estimate of drug-likeness (QED) is 0.573. The van der Waals surface area contributed by atoms with Gasteiger partial charge in [0.15, 0.2) is 12.1 Å². The monoisotopic (exact) mass is 408 g/mol. The van der Waals surface area contributed by atoms with Crippen molar-refractivity contribution in [3.63, 3.8) is 0 Å². The highest BCUT2D eigenvalue weighted by Gasteiger charge is 2.33. The van der Waals surface area contributed by atoms with Gasteiger partial charge in [-0.3, -0.25) is 4.98 Å². The maximum Gasteiger partial charge on any atom is 0.408 e. The second-order valence-electron chi connectivity index (χ2n) is 5.58. The number of nitrogens with zero attached hydrogens (tertiary/aromatic N) is 1. The van der Waals surface area contributed by atoms with Gasteiger partial charge < -0.3 is 19.9 Å². The lowest BCUT2D eigenvalue weighted by Gasteiger charge is -2.25. The summed E-state index contributed by atoms with van der Waals surface area (Å²) in [5.74, 6) is -0.890. The number of aliphatic hydroxyl groups excluding tert-OH is 1. The molecule has 0 aliphatic carbocycles. The van der Waals surface area contributed by atoms with E-state index in [0.717, 1.165) is 0 Å². The summed E-state index contributed by atoms with van der Waals surface area (Å²) in [5, 5.41) is 12.7. The molecule has 2 unspecified atom stereocenters. The predicted molar refractivity (Wildman–Crippen MR) is 86.9 cm³/mol. The van der Waals surface area contributed by atoms with E-state index in [9.17, 15) is 14.7 Å². The van der Waals surface area contributed by atoms with Crippen molar-refractivity contribution in [3.8, 4) is 0 Å². The first-order valence-electron chi connectivity index (χ1n) is 6.64. The van der Waals surface area contributed by atoms with Crippen molar-refractivity contribution in [2.75, 3.05) is 6.07 Å². The Labute approximate surface area is 147 Å². The van der Waals surface area contributed by atoms with Crippen LogP contribution in [0.15, 0.2) is 22.9 Å². The first-order valence-corrected chi connectivity index (χ1v) is 7.97. The number of pyridine rings is 1. The third kappa shape index (κ3) is 6.72. The molecule has 1 amide bonds. The Morgan fingerprint density at radius 1 is 1.43 bits per heavy atom. The summed E-state index contributed by atoms with van der Waals surface area (Å²) in [6.45, 7) is 5.02. The number of alkyl carbamates (subject to hydrolysis) is 1. The molecule has 1 rings (SSSR count). The Kier molecular flexibility index (Phi) is 7.24. The van der Waals surface area contributed by atoms with Gasteiger partial charge in [-0.05, 0) is 42.8 Å². The highest BCUT2D eigenvalue weighted by Crippen LogP contribution is 2.21. The van der Waals surface area contributed by atoms with Gasteiger partial charge in [-0.25, -0.2) is 9.59 Å². The summed E-state index contributed by atoms with van der Waals surface area (Å²) in [5.41, 5.74) is -0.445. The number of halogens is 2. The largest absolute Gasteiger partial charge is 0.448 e. The van der Waals surface area contributed by atoms with Crippen molar-refractivity contribution < 1.29 is 24.2 Å². The summed E-state index contributed by atoms with van der Waals surface area (Å²) < 4.78 is 10.4. The zero-order chi connectivity index (χ0) is 17.6. The van der Waals surface area contributed by atoms with Crippen molar-refractivity contribution in [2.24, 2.45) is 0 Å². The third-order valence-electron chi connectivity index (χ3n) is 2.51. The Balaban J connectivity index is 2.96. The molecule has 1 aromatic heterocycles. The van der Waals surface area contributed by atoms with Crippen LogP contribution in [0.5, 0.6) is 0 Å². The maximum atomic E-state index is 12.0. The fraction of sp³-hybridized carbons (Fsp3) is 0.500. The minimum absolute atomic E-state index is 0.312. The zero-order valence-corrected chi connectivity index (χ0v) is 15.2. The maximum absolute atomic E-state index is 12.0. The van der Waals surface area contributed by atoms with E-state index in [0.29, 0.717) is 10.0 Å². The average molecular weight is 410 g/mol. The number of alkyl halides is 1. The molecule has 0 aliphatic heterocycles. The molecule has 23 heavy (non-hydrogen) atoms. The van der Waals surface area contributed by atoms with Crippen LogP contribution in [0.1, 0.15) is 32.4 Å². The number of hydrogen-bond acceptors (Lipinski definition) is 6. The van der Waals surface area contributed by atoms with Crippen molar-refractivity contribution in [3.05, 3.63) is 28.5 Å². The smallest absolute Gasteiger partial charge is 0.408 e. The van der Waals surface area contributed by atoms with Crippen LogP contribution in [-0.4, -0.2) is 39.9 Å². The molecule has 0 radical (unpaired) electrons. The lowest BCUT2D eigenvalue weighted by molar-refractivity contribution is -0.147. The van der Waals surface area contributed by atoms with Crippen molar-refractivity contribution in [1.29, 1.82) is 0 Å². The van der Waals surface area contributed by atoms with Gasteiger partial charge in [0.2, 0.25) is 0 Å². The standard InChI is InChI=1S/C14H18BrClN2O5/c1-14(2,3)23-13(21)18-10(12(20)22-7-16)11(19)8-4-9(15)6-17-5-8/h4-6,10-11,19H,7H2,1-3H3,(H,18,21). The number of rotatable bonds is 5. The molecule has 0 saturated carbocycles. The van der Waals surface area contributed by atoms with Crippen molar-refractivity contribution >= 4 is 39.6 Å². The van der Waals surface area contributed by atoms with Gasteiger partial charge in [0.25, 0.3) is 0 Å². The Morgan fingerprint density at radius 2 is 2.09 bits per heavy atom. The predicted octanol–water partition coefficient (Wildman–Crippen LogP) is 2.51. The van der Waals surface area contributed by atoms with Crippen LogP contribution in [0.25, 0.3) is 0 Å². The first-order chi connectivity index (χ1) is 10.6. The fourth-order valence-corrected chi connectivity index (χ4v) is 2.12. The highest BCUT2D eigenvalue weighted by atomic mass is 79.9. The van der Waals surface area contributed by atoms with Crippen molar-refractivity contribution in [2.45, 2.75) is 38.5 Å². The van der Waals surface area contributed by atoms with Gasteiger partial charge in [-0.15, -0.1) is 0 Å². The van der Waals surface area contributed by atoms with Crippen LogP contribution >= 0.6 is 27.5 Å². The second kappa shape index (κ2) is 8.47. The summed E-state index contributed by atoms with van der Waals surface area (Å²) in [6, 6.07) is -0.232. The molecular weight excluding hydrogens is 392 g/mol. The van der Waals surface area contributed by atoms with E-state index < -0.39 is 35.9 Å². The van der Waals surface area contributed by atoms with E-state index in [2.05, 4.69) is 31.0 Å². The van der Waals surface area contributed by atoms with Crippen LogP contribution in [0.3, 0.4) is 0 Å². The molecule has 9 heteroatoms. The fourth-order valence-electron chi connectivity index (χ4n) is 1.63. The van der Waals surface area contributed by atoms with Crippen LogP contribution in [0, 0.1) is 0 Å². The summed E-state index contributed by atoms with van der Waals surface area (Å²) >= 11 is 8.59. The van der Waals surface area contributed by atoms with Gasteiger partial charge in [-0.1, -0.05) is 11.6 Å². The minimum atomic E-state index is -1.39. The molecule has 1 heterocycles. The molecule has 0 aliphatic rings. The minimum Gasteiger partial charge on any atom is -0.448 e. The summed E-state index contributed by atoms with van der Waals surface area (Å²) in [4.78, 5) is 27.7. The number of esters is 1. The lowest BCUT2D eigenvalue weighted by Crippen LogP contribution is -2.47. The molecule has 128 valence electrons. The van der Waals surface area contributed by atoms with Gasteiger partial charge in [0, 0.05) is 22.4 Å². The Hall–Kier alpha value is -1.38. The Bertz CT molecular complexity index is 564. The molecule has 0 fully saturated rings. The highest BCUT2D eigenvalue weighted by molar-refractivity contribution is 9.10. The van der Waals surface area contributed by atoms with E-state index in [-0.39, 0.29) is 0 Å². The van der Waals surface area contributed by atoms with E-state index >= 15 is 0 Å². The topological polar surface area (TPSA) is 97.8 Å². The average Bonchev–Trinajstić information content (AvgIpc) is 2.42. The van der Waals surface area contributed by atoms with Gasteiger partial charge in [0.1, 0.15) is 11.7 Å². The van der Waals surface area contributed by atoms with Crippen LogP contribution in [-0.2, 0) is 14.3 Å². The third-order valence-corrected chi connectivity index (χ3v) is 3.05. The number of carbonyl (C=O) groups is 2. The Morgan fingerprint density at radius 3 is 2.61 bits per heavy atom. The van der Waals surface area contributed by atoms with Crippen LogP contribution in [0.4, 0.5) is 4.79 Å². The molecular formula is C14H18BrClN2O5. The van der Waals surface area contributed by atoms with E-state index in [1.165, 1.54) is 12.4 Å². The molecule has 7 nitrogen and oxygen atoms in total. The number of nitrogens with one attached hydrogen (secondary N) is 1.